The van der Waals surface area contributed by atoms with E-state index in [0.29, 0.717) is 5.69 Å². The standard InChI is InChI=1S/C25H25BrN2O3S/c1-18(20-14-13-19-7-5-8-21(19)15-20)27-25(29)17-28(23-10-6-9-22(26)16-23)32(30,31)24-11-3-2-4-12-24/h2-4,6,9-16,18H,5,7-8,17H2,1H3,(H,27,29)/t18-/m0/s1. The van der Waals surface area contributed by atoms with Crippen molar-refractivity contribution in [3.05, 3.63) is 94.0 Å². The number of benzene rings is 3. The van der Waals surface area contributed by atoms with Gasteiger partial charge in [-0.2, -0.15) is 0 Å². The normalized spacial score (nSPS) is 13.9. The van der Waals surface area contributed by atoms with Crippen molar-refractivity contribution < 1.29 is 13.2 Å². The highest BCUT2D eigenvalue weighted by Gasteiger charge is 2.28. The van der Waals surface area contributed by atoms with Gasteiger partial charge in [0.2, 0.25) is 5.91 Å². The SMILES string of the molecule is C[C@H](NC(=O)CN(c1cccc(Br)c1)S(=O)(=O)c1ccccc1)c1ccc2c(c1)CCC2. The molecule has 166 valence electrons. The van der Waals surface area contributed by atoms with Crippen LogP contribution in [0.1, 0.15) is 36.1 Å². The second kappa shape index (κ2) is 9.46. The molecule has 1 aliphatic rings. The van der Waals surface area contributed by atoms with Crippen LogP contribution in [0.15, 0.2) is 82.2 Å². The second-order valence-corrected chi connectivity index (χ2v) is 10.8. The smallest absolute Gasteiger partial charge is 0.264 e. The van der Waals surface area contributed by atoms with Gasteiger partial charge in [-0.25, -0.2) is 8.42 Å². The number of sulfonamides is 1. The van der Waals surface area contributed by atoms with Crippen molar-refractivity contribution in [2.45, 2.75) is 37.1 Å². The maximum absolute atomic E-state index is 13.4. The average Bonchev–Trinajstić information content (AvgIpc) is 3.26. The van der Waals surface area contributed by atoms with Crippen LogP contribution in [-0.4, -0.2) is 20.9 Å². The molecule has 0 aliphatic heterocycles. The van der Waals surface area contributed by atoms with E-state index in [1.54, 1.807) is 36.4 Å². The van der Waals surface area contributed by atoms with Crippen molar-refractivity contribution in [3.8, 4) is 0 Å². The van der Waals surface area contributed by atoms with Crippen LogP contribution in [0.5, 0.6) is 0 Å². The lowest BCUT2D eigenvalue weighted by molar-refractivity contribution is -0.120. The first kappa shape index (κ1) is 22.6. The first-order chi connectivity index (χ1) is 15.3. The number of rotatable bonds is 7. The number of nitrogens with one attached hydrogen (secondary N) is 1. The van der Waals surface area contributed by atoms with Gasteiger partial charge in [0.25, 0.3) is 10.0 Å². The van der Waals surface area contributed by atoms with Gasteiger partial charge in [0, 0.05) is 4.47 Å². The number of amides is 1. The molecule has 0 aromatic heterocycles. The molecule has 7 heteroatoms. The minimum atomic E-state index is -3.92. The van der Waals surface area contributed by atoms with E-state index in [1.165, 1.54) is 29.7 Å². The minimum absolute atomic E-state index is 0.138. The average molecular weight is 513 g/mol. The summed E-state index contributed by atoms with van der Waals surface area (Å²) >= 11 is 3.39. The van der Waals surface area contributed by atoms with Gasteiger partial charge in [-0.1, -0.05) is 58.4 Å². The summed E-state index contributed by atoms with van der Waals surface area (Å²) in [5.41, 5.74) is 4.16. The molecule has 1 N–H and O–H groups in total. The molecular formula is C25H25BrN2O3S. The molecule has 0 unspecified atom stereocenters. The number of hydrogen-bond acceptors (Lipinski definition) is 3. The third-order valence-electron chi connectivity index (χ3n) is 5.71. The molecule has 3 aromatic rings. The molecule has 0 radical (unpaired) electrons. The summed E-state index contributed by atoms with van der Waals surface area (Å²) in [7, 11) is -3.92. The van der Waals surface area contributed by atoms with E-state index in [-0.39, 0.29) is 23.4 Å². The number of carbonyl (C=O) groups excluding carboxylic acids is 1. The molecule has 0 bridgehead atoms. The lowest BCUT2D eigenvalue weighted by Crippen LogP contribution is -2.41. The lowest BCUT2D eigenvalue weighted by atomic mass is 10.0. The Kier molecular flexibility index (Phi) is 6.67. The van der Waals surface area contributed by atoms with Gasteiger partial charge in [0.1, 0.15) is 6.54 Å². The molecule has 1 aliphatic carbocycles. The van der Waals surface area contributed by atoms with Crippen LogP contribution >= 0.6 is 15.9 Å². The molecule has 3 aromatic carbocycles. The van der Waals surface area contributed by atoms with Crippen molar-refractivity contribution in [1.29, 1.82) is 0 Å². The highest BCUT2D eigenvalue weighted by Crippen LogP contribution is 2.27. The summed E-state index contributed by atoms with van der Waals surface area (Å²) in [5.74, 6) is -0.363. The van der Waals surface area contributed by atoms with E-state index in [2.05, 4.69) is 33.4 Å². The molecule has 0 spiro atoms. The predicted molar refractivity (Wildman–Crippen MR) is 130 cm³/mol. The fourth-order valence-electron chi connectivity index (χ4n) is 4.03. The van der Waals surface area contributed by atoms with Crippen molar-refractivity contribution in [1.82, 2.24) is 5.32 Å². The summed E-state index contributed by atoms with van der Waals surface area (Å²) in [6, 6.07) is 21.2. The van der Waals surface area contributed by atoms with E-state index in [0.717, 1.165) is 27.2 Å². The maximum atomic E-state index is 13.4. The molecule has 0 saturated heterocycles. The molecule has 0 fully saturated rings. The zero-order valence-corrected chi connectivity index (χ0v) is 20.2. The van der Waals surface area contributed by atoms with Gasteiger partial charge >= 0.3 is 0 Å². The zero-order chi connectivity index (χ0) is 22.7. The van der Waals surface area contributed by atoms with Gasteiger partial charge < -0.3 is 5.32 Å². The Bertz CT molecular complexity index is 1230. The fourth-order valence-corrected chi connectivity index (χ4v) is 5.85. The third-order valence-corrected chi connectivity index (χ3v) is 8.00. The van der Waals surface area contributed by atoms with E-state index in [9.17, 15) is 13.2 Å². The molecule has 1 atom stereocenters. The quantitative estimate of drug-likeness (QED) is 0.483. The van der Waals surface area contributed by atoms with Gasteiger partial charge in [-0.3, -0.25) is 9.10 Å². The molecular weight excluding hydrogens is 488 g/mol. The van der Waals surface area contributed by atoms with Crippen LogP contribution < -0.4 is 9.62 Å². The van der Waals surface area contributed by atoms with E-state index in [1.807, 2.05) is 19.1 Å². The van der Waals surface area contributed by atoms with Crippen LogP contribution in [0.3, 0.4) is 0 Å². The largest absolute Gasteiger partial charge is 0.348 e. The minimum Gasteiger partial charge on any atom is -0.348 e. The number of carbonyl (C=O) groups is 1. The summed E-state index contributed by atoms with van der Waals surface area (Å²) in [4.78, 5) is 13.1. The molecule has 0 heterocycles. The van der Waals surface area contributed by atoms with Gasteiger partial charge in [-0.05, 0) is 73.2 Å². The molecule has 0 saturated carbocycles. The van der Waals surface area contributed by atoms with Crippen molar-refractivity contribution in [2.75, 3.05) is 10.8 Å². The van der Waals surface area contributed by atoms with Crippen LogP contribution in [0.4, 0.5) is 5.69 Å². The van der Waals surface area contributed by atoms with E-state index in [4.69, 9.17) is 0 Å². The number of hydrogen-bond donors (Lipinski definition) is 1. The topological polar surface area (TPSA) is 66.5 Å². The number of fused-ring (bicyclic) bond motifs is 1. The number of anilines is 1. The fraction of sp³-hybridized carbons (Fsp3) is 0.240. The molecule has 5 nitrogen and oxygen atoms in total. The van der Waals surface area contributed by atoms with Gasteiger partial charge in [0.05, 0.1) is 16.6 Å². The van der Waals surface area contributed by atoms with Crippen LogP contribution in [0, 0.1) is 0 Å². The predicted octanol–water partition coefficient (Wildman–Crippen LogP) is 5.01. The summed E-state index contributed by atoms with van der Waals surface area (Å²) in [6.07, 6.45) is 3.34. The van der Waals surface area contributed by atoms with Crippen LogP contribution in [0.2, 0.25) is 0 Å². The summed E-state index contributed by atoms with van der Waals surface area (Å²) < 4.78 is 28.7. The molecule has 4 rings (SSSR count). The molecule has 1 amide bonds. The van der Waals surface area contributed by atoms with Crippen molar-refractivity contribution >= 4 is 37.5 Å². The first-order valence-electron chi connectivity index (χ1n) is 10.6. The zero-order valence-electron chi connectivity index (χ0n) is 17.8. The van der Waals surface area contributed by atoms with Gasteiger partial charge in [-0.15, -0.1) is 0 Å². The Morgan fingerprint density at radius 1 is 1.00 bits per heavy atom. The van der Waals surface area contributed by atoms with Crippen LogP contribution in [0.25, 0.3) is 0 Å². The highest BCUT2D eigenvalue weighted by molar-refractivity contribution is 9.10. The van der Waals surface area contributed by atoms with E-state index < -0.39 is 10.0 Å². The number of nitrogens with zero attached hydrogens (tertiary/aromatic N) is 1. The van der Waals surface area contributed by atoms with Crippen molar-refractivity contribution in [2.24, 2.45) is 0 Å². The Hall–Kier alpha value is -2.64. The third kappa shape index (κ3) is 4.89. The van der Waals surface area contributed by atoms with Crippen LogP contribution in [-0.2, 0) is 27.7 Å². The highest BCUT2D eigenvalue weighted by atomic mass is 79.9. The van der Waals surface area contributed by atoms with Gasteiger partial charge in [0.15, 0.2) is 0 Å². The Balaban J connectivity index is 1.57. The summed E-state index contributed by atoms with van der Waals surface area (Å²) in [5, 5.41) is 2.97. The Morgan fingerprint density at radius 3 is 2.50 bits per heavy atom. The Labute approximate surface area is 197 Å². The first-order valence-corrected chi connectivity index (χ1v) is 12.8. The summed E-state index contributed by atoms with van der Waals surface area (Å²) in [6.45, 7) is 1.60. The number of halogens is 1. The maximum Gasteiger partial charge on any atom is 0.264 e. The Morgan fingerprint density at radius 2 is 1.75 bits per heavy atom. The lowest BCUT2D eigenvalue weighted by Gasteiger charge is -2.25. The van der Waals surface area contributed by atoms with E-state index >= 15 is 0 Å². The monoisotopic (exact) mass is 512 g/mol. The van der Waals surface area contributed by atoms with Crippen molar-refractivity contribution in [3.63, 3.8) is 0 Å². The number of aryl methyl sites for hydroxylation is 2. The second-order valence-electron chi connectivity index (χ2n) is 7.98. The molecule has 32 heavy (non-hydrogen) atoms.